The Bertz CT molecular complexity index is 1030. The Kier molecular flexibility index (Phi) is 7.06. The zero-order chi connectivity index (χ0) is 22.5. The van der Waals surface area contributed by atoms with Gasteiger partial charge in [0.1, 0.15) is 29.6 Å². The molecule has 1 aliphatic heterocycles. The summed E-state index contributed by atoms with van der Waals surface area (Å²) in [5, 5.41) is 20.1. The summed E-state index contributed by atoms with van der Waals surface area (Å²) < 4.78 is 11.2. The van der Waals surface area contributed by atoms with Crippen molar-refractivity contribution in [2.75, 3.05) is 13.7 Å². The molecule has 0 saturated carbocycles. The normalized spacial score (nSPS) is 15.8. The van der Waals surface area contributed by atoms with E-state index in [1.165, 1.54) is 36.5 Å². The van der Waals surface area contributed by atoms with Crippen molar-refractivity contribution in [2.45, 2.75) is 46.0 Å². The summed E-state index contributed by atoms with van der Waals surface area (Å²) in [5.41, 5.74) is 4.35. The summed E-state index contributed by atoms with van der Waals surface area (Å²) in [6.07, 6.45) is 6.79. The standard InChI is InChI=1S/C26H30O5/c1-16(2)6-5-7-17(3)8-9-18-12-21-25(14-23(18)28)31-15-22(26(21)29)20-11-10-19(27)13-24(20)30-4/h6,8,10-14,22,27-28H,5,7,9,15H2,1-4H3. The highest BCUT2D eigenvalue weighted by Gasteiger charge is 2.33. The number of carbonyl (C=O) groups excluding carboxylic acids is 1. The minimum absolute atomic E-state index is 0.0733. The maximum Gasteiger partial charge on any atom is 0.177 e. The van der Waals surface area contributed by atoms with Crippen LogP contribution in [-0.2, 0) is 6.42 Å². The lowest BCUT2D eigenvalue weighted by Crippen LogP contribution is -2.26. The summed E-state index contributed by atoms with van der Waals surface area (Å²) >= 11 is 0. The van der Waals surface area contributed by atoms with Crippen LogP contribution in [0, 0.1) is 0 Å². The van der Waals surface area contributed by atoms with Crippen molar-refractivity contribution in [2.24, 2.45) is 0 Å². The summed E-state index contributed by atoms with van der Waals surface area (Å²) in [6.45, 7) is 6.40. The van der Waals surface area contributed by atoms with E-state index in [4.69, 9.17) is 9.47 Å². The van der Waals surface area contributed by atoms with Crippen LogP contribution in [0.4, 0.5) is 0 Å². The second-order valence-corrected chi connectivity index (χ2v) is 8.21. The van der Waals surface area contributed by atoms with Gasteiger partial charge in [-0.3, -0.25) is 4.79 Å². The van der Waals surface area contributed by atoms with Crippen molar-refractivity contribution >= 4 is 5.78 Å². The van der Waals surface area contributed by atoms with Crippen LogP contribution in [0.5, 0.6) is 23.0 Å². The number of carbonyl (C=O) groups is 1. The molecule has 2 N–H and O–H groups in total. The molecule has 3 rings (SSSR count). The number of rotatable bonds is 7. The third-order valence-electron chi connectivity index (χ3n) is 5.52. The van der Waals surface area contributed by atoms with Gasteiger partial charge in [0.25, 0.3) is 0 Å². The molecule has 0 aliphatic carbocycles. The molecule has 1 unspecified atom stereocenters. The van der Waals surface area contributed by atoms with Crippen molar-refractivity contribution in [3.05, 3.63) is 70.3 Å². The van der Waals surface area contributed by atoms with Gasteiger partial charge in [-0.1, -0.05) is 29.4 Å². The third kappa shape index (κ3) is 5.29. The molecular formula is C26H30O5. The number of aromatic hydroxyl groups is 2. The fraction of sp³-hybridized carbons (Fsp3) is 0.346. The van der Waals surface area contributed by atoms with Crippen molar-refractivity contribution in [1.29, 1.82) is 0 Å². The van der Waals surface area contributed by atoms with Gasteiger partial charge in [0.05, 0.1) is 18.6 Å². The lowest BCUT2D eigenvalue weighted by Gasteiger charge is -2.26. The summed E-state index contributed by atoms with van der Waals surface area (Å²) in [6, 6.07) is 7.96. The van der Waals surface area contributed by atoms with E-state index in [9.17, 15) is 15.0 Å². The molecule has 0 amide bonds. The number of fused-ring (bicyclic) bond motifs is 1. The molecule has 0 bridgehead atoms. The van der Waals surface area contributed by atoms with Gasteiger partial charge in [-0.2, -0.15) is 0 Å². The second kappa shape index (κ2) is 9.73. The predicted molar refractivity (Wildman–Crippen MR) is 121 cm³/mol. The van der Waals surface area contributed by atoms with Gasteiger partial charge in [-0.05, 0) is 57.7 Å². The van der Waals surface area contributed by atoms with Crippen LogP contribution in [0.2, 0.25) is 0 Å². The van der Waals surface area contributed by atoms with Gasteiger partial charge in [-0.25, -0.2) is 0 Å². The zero-order valence-corrected chi connectivity index (χ0v) is 18.6. The number of methoxy groups -OCH3 is 1. The largest absolute Gasteiger partial charge is 0.508 e. The molecule has 5 heteroatoms. The van der Waals surface area contributed by atoms with E-state index in [1.807, 2.05) is 0 Å². The number of ether oxygens (including phenoxy) is 2. The minimum atomic E-state index is -0.540. The van der Waals surface area contributed by atoms with Crippen LogP contribution in [-0.4, -0.2) is 29.7 Å². The van der Waals surface area contributed by atoms with Crippen molar-refractivity contribution in [3.8, 4) is 23.0 Å². The number of ketones is 1. The Labute approximate surface area is 183 Å². The van der Waals surface area contributed by atoms with Crippen molar-refractivity contribution < 1.29 is 24.5 Å². The molecule has 2 aromatic carbocycles. The number of allylic oxidation sites excluding steroid dienone is 4. The number of hydrogen-bond donors (Lipinski definition) is 2. The van der Waals surface area contributed by atoms with E-state index in [0.29, 0.717) is 34.6 Å². The van der Waals surface area contributed by atoms with E-state index in [2.05, 4.69) is 32.9 Å². The fourth-order valence-electron chi connectivity index (χ4n) is 3.72. The number of hydrogen-bond acceptors (Lipinski definition) is 5. The molecule has 2 aromatic rings. The Hall–Kier alpha value is -3.21. The molecule has 1 heterocycles. The number of phenols is 2. The van der Waals surface area contributed by atoms with Crippen LogP contribution in [0.1, 0.15) is 61.0 Å². The van der Waals surface area contributed by atoms with Gasteiger partial charge >= 0.3 is 0 Å². The molecule has 1 aliphatic rings. The maximum atomic E-state index is 13.3. The predicted octanol–water partition coefficient (Wildman–Crippen LogP) is 5.70. The summed E-state index contributed by atoms with van der Waals surface area (Å²) in [7, 11) is 1.50. The molecule has 1 atom stereocenters. The highest BCUT2D eigenvalue weighted by molar-refractivity contribution is 6.05. The van der Waals surface area contributed by atoms with Crippen LogP contribution in [0.25, 0.3) is 0 Å². The van der Waals surface area contributed by atoms with E-state index < -0.39 is 5.92 Å². The monoisotopic (exact) mass is 422 g/mol. The Balaban J connectivity index is 1.84. The Morgan fingerprint density at radius 2 is 1.94 bits per heavy atom. The quantitative estimate of drug-likeness (QED) is 0.560. The van der Waals surface area contributed by atoms with Crippen LogP contribution in [0.15, 0.2) is 53.6 Å². The molecule has 0 fully saturated rings. The minimum Gasteiger partial charge on any atom is -0.508 e. The molecule has 31 heavy (non-hydrogen) atoms. The summed E-state index contributed by atoms with van der Waals surface area (Å²) in [4.78, 5) is 13.3. The SMILES string of the molecule is COc1cc(O)ccc1C1COc2cc(O)c(CC=C(C)CCC=C(C)C)cc2C1=O. The first-order valence-corrected chi connectivity index (χ1v) is 10.5. The van der Waals surface area contributed by atoms with Gasteiger partial charge in [0.15, 0.2) is 5.78 Å². The number of Topliss-reactive ketones (excluding diaryl/α,β-unsaturated/α-hetero) is 1. The lowest BCUT2D eigenvalue weighted by molar-refractivity contribution is 0.0893. The van der Waals surface area contributed by atoms with E-state index in [0.717, 1.165) is 12.8 Å². The van der Waals surface area contributed by atoms with Crippen molar-refractivity contribution in [3.63, 3.8) is 0 Å². The average Bonchev–Trinajstić information content (AvgIpc) is 2.73. The van der Waals surface area contributed by atoms with Crippen LogP contribution >= 0.6 is 0 Å². The van der Waals surface area contributed by atoms with E-state index in [-0.39, 0.29) is 23.9 Å². The molecule has 0 aromatic heterocycles. The van der Waals surface area contributed by atoms with Gasteiger partial charge < -0.3 is 19.7 Å². The molecule has 0 spiro atoms. The first kappa shape index (κ1) is 22.5. The van der Waals surface area contributed by atoms with E-state index >= 15 is 0 Å². The van der Waals surface area contributed by atoms with Crippen LogP contribution < -0.4 is 9.47 Å². The number of benzene rings is 2. The van der Waals surface area contributed by atoms with Gasteiger partial charge in [0.2, 0.25) is 0 Å². The highest BCUT2D eigenvalue weighted by Crippen LogP contribution is 2.40. The lowest BCUT2D eigenvalue weighted by atomic mass is 9.87. The molecule has 0 radical (unpaired) electrons. The van der Waals surface area contributed by atoms with E-state index in [1.54, 1.807) is 12.1 Å². The maximum absolute atomic E-state index is 13.3. The first-order chi connectivity index (χ1) is 14.8. The van der Waals surface area contributed by atoms with Gasteiger partial charge in [-0.15, -0.1) is 0 Å². The molecular weight excluding hydrogens is 392 g/mol. The summed E-state index contributed by atoms with van der Waals surface area (Å²) in [5.74, 6) is 0.408. The average molecular weight is 423 g/mol. The first-order valence-electron chi connectivity index (χ1n) is 10.5. The van der Waals surface area contributed by atoms with Crippen LogP contribution in [0.3, 0.4) is 0 Å². The third-order valence-corrected chi connectivity index (χ3v) is 5.52. The smallest absolute Gasteiger partial charge is 0.177 e. The molecule has 5 nitrogen and oxygen atoms in total. The molecule has 164 valence electrons. The Morgan fingerprint density at radius 3 is 2.65 bits per heavy atom. The van der Waals surface area contributed by atoms with Gasteiger partial charge in [0, 0.05) is 17.7 Å². The zero-order valence-electron chi connectivity index (χ0n) is 18.6. The molecule has 0 saturated heterocycles. The number of phenolic OH excluding ortho intramolecular Hbond substituents is 2. The fourth-order valence-corrected chi connectivity index (χ4v) is 3.72. The second-order valence-electron chi connectivity index (χ2n) is 8.21. The highest BCUT2D eigenvalue weighted by atomic mass is 16.5. The Morgan fingerprint density at radius 1 is 1.16 bits per heavy atom. The topological polar surface area (TPSA) is 76.0 Å². The van der Waals surface area contributed by atoms with Crippen molar-refractivity contribution in [1.82, 2.24) is 0 Å².